The Morgan fingerprint density at radius 1 is 0.492 bits per heavy atom. The maximum atomic E-state index is 12.0. The van der Waals surface area contributed by atoms with Gasteiger partial charge in [0.15, 0.2) is 5.78 Å². The van der Waals surface area contributed by atoms with Gasteiger partial charge in [-0.2, -0.15) is 35.3 Å². The number of aliphatic carboxylic acids is 2. The third kappa shape index (κ3) is 36.7. The van der Waals surface area contributed by atoms with Crippen molar-refractivity contribution in [3.63, 3.8) is 0 Å². The van der Waals surface area contributed by atoms with Crippen LogP contribution in [0.2, 0.25) is 0 Å². The summed E-state index contributed by atoms with van der Waals surface area (Å²) in [7, 11) is 0. The number of nitrogens with two attached hydrogens (primary N) is 2. The van der Waals surface area contributed by atoms with Crippen LogP contribution >= 0.6 is 35.3 Å². The Morgan fingerprint density at radius 3 is 1.03 bits per heavy atom. The number of hydrogen-bond donors (Lipinski definition) is 11. The highest BCUT2D eigenvalue weighted by Crippen LogP contribution is 2.12. The number of Topliss-reactive ketones (excluding diaryl/α,β-unsaturated/α-hetero) is 3. The number of carboxylic acid groups (broad SMARTS) is 2. The van der Waals surface area contributed by atoms with Crippen molar-refractivity contribution in [1.82, 2.24) is 37.2 Å². The summed E-state index contributed by atoms with van der Waals surface area (Å²) in [4.78, 5) is 112. The second-order valence-corrected chi connectivity index (χ2v) is 18.4. The van der Waals surface area contributed by atoms with Gasteiger partial charge < -0.3 is 58.9 Å². The molecule has 0 saturated carbocycles. The average molecular weight is 900 g/mol. The van der Waals surface area contributed by atoms with Crippen LogP contribution in [0.4, 0.5) is 9.59 Å². The van der Waals surface area contributed by atoms with Gasteiger partial charge in [-0.1, -0.05) is 41.5 Å². The first-order valence-corrected chi connectivity index (χ1v) is 21.6. The molecule has 0 spiro atoms. The smallest absolute Gasteiger partial charge is 0.322 e. The summed E-state index contributed by atoms with van der Waals surface area (Å²) in [5.74, 6) is -2.68. The summed E-state index contributed by atoms with van der Waals surface area (Å²) in [6.45, 7) is 16.8. The molecule has 21 nitrogen and oxygen atoms in total. The van der Waals surface area contributed by atoms with Crippen molar-refractivity contribution in [2.75, 3.05) is 43.4 Å². The molecular weight excluding hydrogens is 835 g/mol. The van der Waals surface area contributed by atoms with Crippen LogP contribution < -0.4 is 48.7 Å². The van der Waals surface area contributed by atoms with Crippen LogP contribution in [-0.2, 0) is 38.4 Å². The lowest BCUT2D eigenvalue weighted by atomic mass is 10.2. The molecule has 0 bridgehead atoms. The quantitative estimate of drug-likeness (QED) is 0.0526. The minimum Gasteiger partial charge on any atom is -0.480 e. The molecule has 0 aliphatic carbocycles. The molecule has 0 fully saturated rings. The van der Waals surface area contributed by atoms with E-state index < -0.39 is 60.0 Å². The SMILES string of the molecule is CC(=O)CNC(=O)C(CSC(C)C)NC(=O)NCC(N)C(=O)O.CC(=O)CNC(=O)C(CSC(C)C)NC(=O)NCC(N)C(=O)O.CC(=O)NC(CSC(C)C)C(C)=O. The van der Waals surface area contributed by atoms with E-state index in [4.69, 9.17) is 21.7 Å². The number of amides is 7. The predicted molar refractivity (Wildman–Crippen MR) is 230 cm³/mol. The van der Waals surface area contributed by atoms with Crippen molar-refractivity contribution in [3.05, 3.63) is 0 Å². The van der Waals surface area contributed by atoms with Crippen LogP contribution in [0.1, 0.15) is 69.2 Å². The summed E-state index contributed by atoms with van der Waals surface area (Å²) < 4.78 is 0. The molecule has 0 saturated heterocycles. The Kier molecular flexibility index (Phi) is 33.8. The molecule has 5 atom stereocenters. The van der Waals surface area contributed by atoms with Crippen molar-refractivity contribution in [2.24, 2.45) is 11.5 Å². The Morgan fingerprint density at radius 2 is 0.797 bits per heavy atom. The van der Waals surface area contributed by atoms with Gasteiger partial charge in [0.1, 0.15) is 35.7 Å². The number of hydrogen-bond acceptors (Lipinski definition) is 15. The van der Waals surface area contributed by atoms with Crippen LogP contribution in [0.3, 0.4) is 0 Å². The largest absolute Gasteiger partial charge is 0.480 e. The molecule has 0 aromatic rings. The number of nitrogens with one attached hydrogen (secondary N) is 7. The van der Waals surface area contributed by atoms with E-state index in [2.05, 4.69) is 51.1 Å². The van der Waals surface area contributed by atoms with E-state index in [-0.39, 0.29) is 66.0 Å². The molecule has 59 heavy (non-hydrogen) atoms. The highest BCUT2D eigenvalue weighted by Gasteiger charge is 2.24. The molecule has 0 radical (unpaired) electrons. The summed E-state index contributed by atoms with van der Waals surface area (Å²) >= 11 is 4.61. The lowest BCUT2D eigenvalue weighted by Crippen LogP contribution is -2.54. The van der Waals surface area contributed by atoms with E-state index in [1.54, 1.807) is 11.8 Å². The maximum Gasteiger partial charge on any atom is 0.322 e. The predicted octanol–water partition coefficient (Wildman–Crippen LogP) is -0.953. The molecule has 5 unspecified atom stereocenters. The van der Waals surface area contributed by atoms with E-state index in [9.17, 15) is 47.9 Å². The Bertz CT molecular complexity index is 1310. The summed E-state index contributed by atoms with van der Waals surface area (Å²) in [5, 5.41) is 35.2. The van der Waals surface area contributed by atoms with Gasteiger partial charge in [0.2, 0.25) is 17.7 Å². The highest BCUT2D eigenvalue weighted by atomic mass is 32.2. The van der Waals surface area contributed by atoms with Gasteiger partial charge in [0, 0.05) is 37.3 Å². The molecule has 0 aromatic heterocycles. The first kappa shape index (κ1) is 59.2. The maximum absolute atomic E-state index is 12.0. The first-order chi connectivity index (χ1) is 27.2. The molecule has 0 aliphatic heterocycles. The highest BCUT2D eigenvalue weighted by molar-refractivity contribution is 8.00. The van der Waals surface area contributed by atoms with E-state index in [1.165, 1.54) is 51.2 Å². The van der Waals surface area contributed by atoms with Crippen LogP contribution in [0, 0.1) is 0 Å². The van der Waals surface area contributed by atoms with Gasteiger partial charge in [-0.3, -0.25) is 38.4 Å². The molecular formula is C35H65N9O12S3. The normalized spacial score (nSPS) is 13.0. The second-order valence-electron chi connectivity index (χ2n) is 13.6. The summed E-state index contributed by atoms with van der Waals surface area (Å²) in [5.41, 5.74) is 10.5. The van der Waals surface area contributed by atoms with Gasteiger partial charge in [-0.05, 0) is 36.5 Å². The third-order valence-electron chi connectivity index (χ3n) is 6.52. The number of carbonyl (C=O) groups excluding carboxylic acids is 8. The first-order valence-electron chi connectivity index (χ1n) is 18.4. The summed E-state index contributed by atoms with van der Waals surface area (Å²) in [6, 6.07) is -5.87. The molecule has 0 rings (SSSR count). The fourth-order valence-electron chi connectivity index (χ4n) is 3.41. The molecule has 0 heterocycles. The zero-order chi connectivity index (χ0) is 46.4. The van der Waals surface area contributed by atoms with Gasteiger partial charge >= 0.3 is 24.0 Å². The topological polar surface area (TPSA) is 347 Å². The van der Waals surface area contributed by atoms with E-state index in [1.807, 2.05) is 27.7 Å². The Labute approximate surface area is 358 Å². The van der Waals surface area contributed by atoms with Gasteiger partial charge in [0.05, 0.1) is 19.1 Å². The van der Waals surface area contributed by atoms with E-state index in [0.29, 0.717) is 22.5 Å². The fraction of sp³-hybridized carbons (Fsp3) is 0.714. The van der Waals surface area contributed by atoms with E-state index in [0.717, 1.165) is 0 Å². The van der Waals surface area contributed by atoms with Crippen molar-refractivity contribution in [2.45, 2.75) is 115 Å². The number of carbonyl (C=O) groups is 10. The minimum absolute atomic E-state index is 0.0170. The zero-order valence-electron chi connectivity index (χ0n) is 35.4. The van der Waals surface area contributed by atoms with Gasteiger partial charge in [-0.25, -0.2) is 9.59 Å². The van der Waals surface area contributed by atoms with Gasteiger partial charge in [0.25, 0.3) is 0 Å². The number of urea groups is 2. The number of rotatable bonds is 25. The summed E-state index contributed by atoms with van der Waals surface area (Å²) in [6.07, 6.45) is 0. The molecule has 24 heteroatoms. The number of ketones is 3. The number of carboxylic acids is 2. The van der Waals surface area contributed by atoms with Crippen LogP contribution in [0.5, 0.6) is 0 Å². The van der Waals surface area contributed by atoms with E-state index >= 15 is 0 Å². The van der Waals surface area contributed by atoms with Crippen LogP contribution in [0.15, 0.2) is 0 Å². The number of thioether (sulfide) groups is 3. The molecule has 7 amide bonds. The monoisotopic (exact) mass is 899 g/mol. The Hall–Kier alpha value is -4.13. The fourth-order valence-corrected chi connectivity index (χ4v) is 5.93. The van der Waals surface area contributed by atoms with Crippen molar-refractivity contribution < 1.29 is 58.2 Å². The van der Waals surface area contributed by atoms with Crippen LogP contribution in [0.25, 0.3) is 0 Å². The van der Waals surface area contributed by atoms with Crippen molar-refractivity contribution in [3.8, 4) is 0 Å². The standard InChI is InChI=1S/2C13H24N4O5S.C9H17NO2S/c2*1-7(2)23-6-10(11(19)15-4-8(3)18)17-13(22)16-5-9(14)12(20)21;1-6(2)13-5-9(7(3)11)10-8(4)12/h2*7,9-10H,4-6,14H2,1-3H3,(H,15,19)(H,20,21)(H2,16,17,22);6,9H,5H2,1-4H3,(H,10,12). The molecule has 0 aliphatic rings. The molecule has 13 N–H and O–H groups in total. The lowest BCUT2D eigenvalue weighted by molar-refractivity contribution is -0.139. The third-order valence-corrected chi connectivity index (χ3v) is 10.1. The minimum atomic E-state index is -1.24. The Balaban J connectivity index is -0.000000831. The molecule has 340 valence electrons. The van der Waals surface area contributed by atoms with Crippen molar-refractivity contribution in [1.29, 1.82) is 0 Å². The average Bonchev–Trinajstić information content (AvgIpc) is 3.12. The van der Waals surface area contributed by atoms with Crippen LogP contribution in [-0.4, -0.2) is 159 Å². The lowest BCUT2D eigenvalue weighted by Gasteiger charge is -2.19. The van der Waals surface area contributed by atoms with Crippen molar-refractivity contribution >= 4 is 94.4 Å². The zero-order valence-corrected chi connectivity index (χ0v) is 37.9. The second kappa shape index (κ2) is 33.7. The molecule has 0 aromatic carbocycles. The van der Waals surface area contributed by atoms with Gasteiger partial charge in [-0.15, -0.1) is 0 Å².